The van der Waals surface area contributed by atoms with E-state index in [0.717, 1.165) is 18.4 Å². The van der Waals surface area contributed by atoms with Gasteiger partial charge in [0.1, 0.15) is 5.60 Å². The minimum absolute atomic E-state index is 0.0135. The van der Waals surface area contributed by atoms with Crippen molar-refractivity contribution in [3.63, 3.8) is 0 Å². The highest BCUT2D eigenvalue weighted by molar-refractivity contribution is 6.06. The Morgan fingerprint density at radius 1 is 1.16 bits per heavy atom. The number of carbonyl (C=O) groups is 2. The summed E-state index contributed by atoms with van der Waals surface area (Å²) in [7, 11) is 0. The molecule has 3 N–H and O–H groups in total. The second kappa shape index (κ2) is 8.35. The van der Waals surface area contributed by atoms with Crippen molar-refractivity contribution in [2.45, 2.75) is 38.2 Å². The zero-order valence-electron chi connectivity index (χ0n) is 18.6. The molecular formula is C25H32N4O3. The molecule has 1 aliphatic heterocycles. The molecule has 0 aromatic heterocycles. The van der Waals surface area contributed by atoms with Crippen LogP contribution < -0.4 is 10.6 Å². The van der Waals surface area contributed by atoms with Gasteiger partial charge in [0.25, 0.3) is 0 Å². The molecular weight excluding hydrogens is 404 g/mol. The molecule has 1 heterocycles. The Labute approximate surface area is 189 Å². The fourth-order valence-electron chi connectivity index (χ4n) is 6.01. The van der Waals surface area contributed by atoms with Crippen molar-refractivity contribution >= 4 is 17.8 Å². The van der Waals surface area contributed by atoms with Crippen molar-refractivity contribution in [3.8, 4) is 0 Å². The van der Waals surface area contributed by atoms with E-state index in [-0.39, 0.29) is 35.5 Å². The van der Waals surface area contributed by atoms with Crippen LogP contribution in [-0.4, -0.2) is 54.0 Å². The lowest BCUT2D eigenvalue weighted by Crippen LogP contribution is -2.41. The normalized spacial score (nSPS) is 32.6. The predicted octanol–water partition coefficient (Wildman–Crippen LogP) is 1.57. The molecule has 7 heteroatoms. The zero-order valence-corrected chi connectivity index (χ0v) is 18.6. The van der Waals surface area contributed by atoms with E-state index in [1.165, 1.54) is 10.5 Å². The molecule has 2 fully saturated rings. The molecule has 1 saturated carbocycles. The Kier molecular flexibility index (Phi) is 5.53. The summed E-state index contributed by atoms with van der Waals surface area (Å²) in [5.74, 6) is 0.925. The first-order chi connectivity index (χ1) is 15.5. The molecule has 1 saturated heterocycles. The Hall–Kier alpha value is -2.67. The topological polar surface area (TPSA) is 94.0 Å². The number of benzene rings is 1. The molecule has 0 radical (unpaired) electrons. The van der Waals surface area contributed by atoms with Crippen LogP contribution >= 0.6 is 0 Å². The van der Waals surface area contributed by atoms with Gasteiger partial charge in [-0.15, -0.1) is 0 Å². The molecule has 2 bridgehead atoms. The Bertz CT molecular complexity index is 944. The monoisotopic (exact) mass is 436 g/mol. The highest BCUT2D eigenvalue weighted by atomic mass is 16.3. The number of aliphatic imine (C=N–C) groups is 1. The number of amides is 2. The highest BCUT2D eigenvalue weighted by Crippen LogP contribution is 2.52. The molecule has 7 nitrogen and oxygen atoms in total. The van der Waals surface area contributed by atoms with Gasteiger partial charge in [0.2, 0.25) is 11.8 Å². The van der Waals surface area contributed by atoms with Crippen LogP contribution in [0.2, 0.25) is 0 Å². The van der Waals surface area contributed by atoms with Gasteiger partial charge >= 0.3 is 0 Å². The van der Waals surface area contributed by atoms with Crippen molar-refractivity contribution in [2.75, 3.05) is 26.2 Å². The van der Waals surface area contributed by atoms with Gasteiger partial charge in [-0.2, -0.15) is 0 Å². The summed E-state index contributed by atoms with van der Waals surface area (Å²) in [5, 5.41) is 17.6. The lowest BCUT2D eigenvalue weighted by atomic mass is 9.85. The van der Waals surface area contributed by atoms with Crippen molar-refractivity contribution in [3.05, 3.63) is 47.5 Å². The summed E-state index contributed by atoms with van der Waals surface area (Å²) >= 11 is 0. The number of likely N-dealkylation sites (tertiary alicyclic amines) is 1. The van der Waals surface area contributed by atoms with Crippen LogP contribution in [0, 0.1) is 23.7 Å². The van der Waals surface area contributed by atoms with E-state index in [1.807, 2.05) is 25.1 Å². The largest absolute Gasteiger partial charge is 0.383 e. The molecule has 1 aromatic carbocycles. The average molecular weight is 437 g/mol. The lowest BCUT2D eigenvalue weighted by molar-refractivity contribution is -0.140. The standard InChI is InChI=1S/C25H32N4O3/c1-2-26-24(28-15-25(32)11-10-16-6-3-4-7-19(16)25)27-12-5-13-29-22(30)20-17-8-9-18(14-17)21(20)23(29)31/h3-4,6-9,17-18,20-21,32H,2,5,10-15H2,1H3,(H2,26,27,28). The first kappa shape index (κ1) is 21.2. The maximum Gasteiger partial charge on any atom is 0.233 e. The predicted molar refractivity (Wildman–Crippen MR) is 122 cm³/mol. The van der Waals surface area contributed by atoms with Crippen LogP contribution in [0.3, 0.4) is 0 Å². The van der Waals surface area contributed by atoms with E-state index in [2.05, 4.69) is 33.8 Å². The fraction of sp³-hybridized carbons (Fsp3) is 0.560. The van der Waals surface area contributed by atoms with E-state index in [4.69, 9.17) is 0 Å². The van der Waals surface area contributed by atoms with Crippen molar-refractivity contribution in [2.24, 2.45) is 28.7 Å². The third kappa shape index (κ3) is 3.52. The second-order valence-electron chi connectivity index (χ2n) is 9.49. The van der Waals surface area contributed by atoms with E-state index < -0.39 is 5.60 Å². The summed E-state index contributed by atoms with van der Waals surface area (Å²) in [6.45, 7) is 4.04. The Morgan fingerprint density at radius 3 is 2.59 bits per heavy atom. The van der Waals surface area contributed by atoms with Gasteiger partial charge in [0.15, 0.2) is 5.96 Å². The van der Waals surface area contributed by atoms with Crippen LogP contribution in [0.4, 0.5) is 0 Å². The van der Waals surface area contributed by atoms with Crippen LogP contribution in [0.5, 0.6) is 0 Å². The summed E-state index contributed by atoms with van der Waals surface area (Å²) in [4.78, 5) is 31.7. The number of hydrogen-bond acceptors (Lipinski definition) is 4. The summed E-state index contributed by atoms with van der Waals surface area (Å²) in [5.41, 5.74) is 1.23. The highest BCUT2D eigenvalue weighted by Gasteiger charge is 2.58. The Morgan fingerprint density at radius 2 is 1.88 bits per heavy atom. The SMILES string of the molecule is CCNC(=NCC1(O)CCc2ccccc21)NCCCN1C(=O)C2C3C=CC(C3)C2C1=O. The molecule has 5 rings (SSSR count). The minimum Gasteiger partial charge on any atom is -0.383 e. The second-order valence-corrected chi connectivity index (χ2v) is 9.49. The number of aryl methyl sites for hydroxylation is 1. The van der Waals surface area contributed by atoms with Gasteiger partial charge in [-0.3, -0.25) is 14.5 Å². The fourth-order valence-corrected chi connectivity index (χ4v) is 6.01. The quantitative estimate of drug-likeness (QED) is 0.198. The maximum absolute atomic E-state index is 12.8. The number of rotatable bonds is 7. The first-order valence-electron chi connectivity index (χ1n) is 11.9. The average Bonchev–Trinajstić information content (AvgIpc) is 3.55. The van der Waals surface area contributed by atoms with Gasteiger partial charge < -0.3 is 15.7 Å². The van der Waals surface area contributed by atoms with Crippen molar-refractivity contribution < 1.29 is 14.7 Å². The van der Waals surface area contributed by atoms with Crippen LogP contribution in [0.15, 0.2) is 41.4 Å². The van der Waals surface area contributed by atoms with Gasteiger partial charge in [0.05, 0.1) is 18.4 Å². The van der Waals surface area contributed by atoms with E-state index >= 15 is 0 Å². The molecule has 1 aromatic rings. The number of carbonyl (C=O) groups excluding carboxylic acids is 2. The smallest absolute Gasteiger partial charge is 0.233 e. The number of fused-ring (bicyclic) bond motifs is 6. The van der Waals surface area contributed by atoms with E-state index in [1.54, 1.807) is 0 Å². The molecule has 5 unspecified atom stereocenters. The lowest BCUT2D eigenvalue weighted by Gasteiger charge is -2.23. The molecule has 3 aliphatic carbocycles. The van der Waals surface area contributed by atoms with Gasteiger partial charge in [-0.1, -0.05) is 36.4 Å². The van der Waals surface area contributed by atoms with Crippen LogP contribution in [-0.2, 0) is 21.6 Å². The van der Waals surface area contributed by atoms with Crippen molar-refractivity contribution in [1.82, 2.24) is 15.5 Å². The number of aliphatic hydroxyl groups is 1. The number of imide groups is 1. The van der Waals surface area contributed by atoms with Gasteiger partial charge in [-0.05, 0) is 55.6 Å². The molecule has 32 heavy (non-hydrogen) atoms. The molecule has 0 spiro atoms. The van der Waals surface area contributed by atoms with E-state index in [0.29, 0.717) is 45.0 Å². The maximum atomic E-state index is 12.8. The molecule has 2 amide bonds. The summed E-state index contributed by atoms with van der Waals surface area (Å²) in [6.07, 6.45) is 7.41. The Balaban J connectivity index is 1.14. The minimum atomic E-state index is -0.932. The molecule has 5 atom stereocenters. The number of guanidine groups is 1. The first-order valence-corrected chi connectivity index (χ1v) is 11.9. The molecule has 4 aliphatic rings. The third-order valence-corrected chi connectivity index (χ3v) is 7.58. The van der Waals surface area contributed by atoms with Gasteiger partial charge in [-0.25, -0.2) is 4.99 Å². The van der Waals surface area contributed by atoms with E-state index in [9.17, 15) is 14.7 Å². The van der Waals surface area contributed by atoms with Gasteiger partial charge in [0, 0.05) is 19.6 Å². The number of nitrogens with zero attached hydrogens (tertiary/aromatic N) is 2. The zero-order chi connectivity index (χ0) is 22.3. The number of hydrogen-bond donors (Lipinski definition) is 3. The van der Waals surface area contributed by atoms with Crippen LogP contribution in [0.25, 0.3) is 0 Å². The molecule has 170 valence electrons. The summed E-state index contributed by atoms with van der Waals surface area (Å²) < 4.78 is 0. The summed E-state index contributed by atoms with van der Waals surface area (Å²) in [6, 6.07) is 8.01. The van der Waals surface area contributed by atoms with Crippen LogP contribution in [0.1, 0.15) is 37.3 Å². The number of nitrogens with one attached hydrogen (secondary N) is 2. The third-order valence-electron chi connectivity index (χ3n) is 7.58. The van der Waals surface area contributed by atoms with Crippen molar-refractivity contribution in [1.29, 1.82) is 0 Å². The number of allylic oxidation sites excluding steroid dienone is 2.